The zero-order chi connectivity index (χ0) is 19.5. The molecular weight excluding hydrogens is 352 g/mol. The number of nitrogens with zero attached hydrogens (tertiary/aromatic N) is 1. The van der Waals surface area contributed by atoms with Gasteiger partial charge in [-0.05, 0) is 60.6 Å². The molecule has 0 aromatic heterocycles. The number of ether oxygens (including phenoxy) is 1. The SMILES string of the molecule is COc1ccccc1CCNC(=O)[C@@H]1CC(=O)N(c2ccc3c(c2)CCC3)C1. The number of carbonyl (C=O) groups excluding carboxylic acids is 2. The fourth-order valence-electron chi connectivity index (χ4n) is 4.23. The Labute approximate surface area is 165 Å². The van der Waals surface area contributed by atoms with Crippen molar-refractivity contribution < 1.29 is 14.3 Å². The van der Waals surface area contributed by atoms with E-state index >= 15 is 0 Å². The number of benzene rings is 2. The Morgan fingerprint density at radius 1 is 1.18 bits per heavy atom. The maximum absolute atomic E-state index is 12.6. The lowest BCUT2D eigenvalue weighted by atomic mass is 10.1. The molecule has 0 saturated carbocycles. The smallest absolute Gasteiger partial charge is 0.227 e. The van der Waals surface area contributed by atoms with Crippen LogP contribution in [0.4, 0.5) is 5.69 Å². The summed E-state index contributed by atoms with van der Waals surface area (Å²) in [6, 6.07) is 14.1. The van der Waals surface area contributed by atoms with E-state index in [1.54, 1.807) is 12.0 Å². The van der Waals surface area contributed by atoms with Crippen molar-refractivity contribution in [3.05, 3.63) is 59.2 Å². The van der Waals surface area contributed by atoms with E-state index < -0.39 is 0 Å². The van der Waals surface area contributed by atoms with Gasteiger partial charge in [-0.2, -0.15) is 0 Å². The molecule has 5 nitrogen and oxygen atoms in total. The Morgan fingerprint density at radius 3 is 2.86 bits per heavy atom. The van der Waals surface area contributed by atoms with Gasteiger partial charge in [-0.25, -0.2) is 0 Å². The number of fused-ring (bicyclic) bond motifs is 1. The number of methoxy groups -OCH3 is 1. The molecule has 2 aromatic carbocycles. The molecule has 146 valence electrons. The zero-order valence-electron chi connectivity index (χ0n) is 16.2. The van der Waals surface area contributed by atoms with Crippen LogP contribution in [0.3, 0.4) is 0 Å². The first-order valence-electron chi connectivity index (χ1n) is 9.97. The fraction of sp³-hybridized carbons (Fsp3) is 0.391. The summed E-state index contributed by atoms with van der Waals surface area (Å²) in [6.45, 7) is 0.987. The number of hydrogen-bond donors (Lipinski definition) is 1. The number of hydrogen-bond acceptors (Lipinski definition) is 3. The highest BCUT2D eigenvalue weighted by Gasteiger charge is 2.35. The molecule has 1 fully saturated rings. The number of aryl methyl sites for hydroxylation is 2. The van der Waals surface area contributed by atoms with Crippen LogP contribution in [0.25, 0.3) is 0 Å². The maximum atomic E-state index is 12.6. The van der Waals surface area contributed by atoms with E-state index in [0.29, 0.717) is 19.5 Å². The summed E-state index contributed by atoms with van der Waals surface area (Å²) >= 11 is 0. The Hall–Kier alpha value is -2.82. The lowest BCUT2D eigenvalue weighted by molar-refractivity contribution is -0.126. The van der Waals surface area contributed by atoms with E-state index in [2.05, 4.69) is 17.4 Å². The van der Waals surface area contributed by atoms with Gasteiger partial charge in [-0.3, -0.25) is 9.59 Å². The van der Waals surface area contributed by atoms with Crippen LogP contribution in [0.5, 0.6) is 5.75 Å². The van der Waals surface area contributed by atoms with Gasteiger partial charge in [-0.1, -0.05) is 24.3 Å². The topological polar surface area (TPSA) is 58.6 Å². The molecule has 1 saturated heterocycles. The molecule has 0 radical (unpaired) electrons. The molecule has 2 aliphatic rings. The van der Waals surface area contributed by atoms with Gasteiger partial charge in [0.1, 0.15) is 5.75 Å². The molecule has 1 N–H and O–H groups in total. The van der Waals surface area contributed by atoms with Crippen LogP contribution in [-0.4, -0.2) is 32.0 Å². The number of amides is 2. The molecule has 28 heavy (non-hydrogen) atoms. The van der Waals surface area contributed by atoms with Crippen molar-refractivity contribution in [2.75, 3.05) is 25.1 Å². The molecule has 0 spiro atoms. The quantitative estimate of drug-likeness (QED) is 0.841. The fourth-order valence-corrected chi connectivity index (χ4v) is 4.23. The molecular formula is C23H26N2O3. The van der Waals surface area contributed by atoms with Crippen molar-refractivity contribution in [2.45, 2.75) is 32.1 Å². The predicted octanol–water partition coefficient (Wildman–Crippen LogP) is 2.90. The third kappa shape index (κ3) is 3.75. The lowest BCUT2D eigenvalue weighted by Crippen LogP contribution is -2.34. The standard InChI is InChI=1S/C23H26N2O3/c1-28-21-8-3-2-5-17(21)11-12-24-23(27)19-14-22(26)25(15-19)20-10-9-16-6-4-7-18(16)13-20/h2-3,5,8-10,13,19H,4,6-7,11-12,14-15H2,1H3,(H,24,27)/t19-/m1/s1. The molecule has 2 aromatic rings. The molecule has 5 heteroatoms. The summed E-state index contributed by atoms with van der Waals surface area (Å²) < 4.78 is 5.35. The van der Waals surface area contributed by atoms with Gasteiger partial charge in [0.15, 0.2) is 0 Å². The lowest BCUT2D eigenvalue weighted by Gasteiger charge is -2.18. The Bertz CT molecular complexity index is 893. The minimum absolute atomic E-state index is 0.0304. The van der Waals surface area contributed by atoms with Gasteiger partial charge in [0.2, 0.25) is 11.8 Å². The summed E-state index contributed by atoms with van der Waals surface area (Å²) in [5, 5.41) is 2.99. The Morgan fingerprint density at radius 2 is 2.00 bits per heavy atom. The second-order valence-corrected chi connectivity index (χ2v) is 7.56. The third-order valence-corrected chi connectivity index (χ3v) is 5.78. The molecule has 0 bridgehead atoms. The van der Waals surface area contributed by atoms with Gasteiger partial charge in [0, 0.05) is 25.2 Å². The second kappa shape index (κ2) is 8.05. The van der Waals surface area contributed by atoms with Crippen LogP contribution in [-0.2, 0) is 28.9 Å². The number of para-hydroxylation sites is 1. The normalized spacial score (nSPS) is 18.2. The van der Waals surface area contributed by atoms with E-state index in [1.807, 2.05) is 30.3 Å². The van der Waals surface area contributed by atoms with Gasteiger partial charge in [0.25, 0.3) is 0 Å². The summed E-state index contributed by atoms with van der Waals surface area (Å²) in [4.78, 5) is 26.8. The molecule has 1 aliphatic heterocycles. The maximum Gasteiger partial charge on any atom is 0.227 e. The van der Waals surface area contributed by atoms with Crippen molar-refractivity contribution in [1.29, 1.82) is 0 Å². The van der Waals surface area contributed by atoms with E-state index in [0.717, 1.165) is 29.8 Å². The molecule has 4 rings (SSSR count). The molecule has 2 amide bonds. The van der Waals surface area contributed by atoms with Crippen LogP contribution in [0.15, 0.2) is 42.5 Å². The van der Waals surface area contributed by atoms with E-state index in [-0.39, 0.29) is 24.2 Å². The molecule has 1 atom stereocenters. The summed E-state index contributed by atoms with van der Waals surface area (Å²) in [7, 11) is 1.65. The second-order valence-electron chi connectivity index (χ2n) is 7.56. The van der Waals surface area contributed by atoms with Crippen molar-refractivity contribution in [3.63, 3.8) is 0 Å². The zero-order valence-corrected chi connectivity index (χ0v) is 16.2. The summed E-state index contributed by atoms with van der Waals surface area (Å²) in [5.74, 6) is 0.517. The van der Waals surface area contributed by atoms with Crippen LogP contribution < -0.4 is 15.0 Å². The summed E-state index contributed by atoms with van der Waals surface area (Å²) in [6.07, 6.45) is 4.37. The Balaban J connectivity index is 1.34. The monoisotopic (exact) mass is 378 g/mol. The first kappa shape index (κ1) is 18.5. The largest absolute Gasteiger partial charge is 0.496 e. The van der Waals surface area contributed by atoms with E-state index in [1.165, 1.54) is 17.5 Å². The van der Waals surface area contributed by atoms with Crippen molar-refractivity contribution in [2.24, 2.45) is 5.92 Å². The first-order chi connectivity index (χ1) is 13.7. The average Bonchev–Trinajstić information content (AvgIpc) is 3.34. The minimum Gasteiger partial charge on any atom is -0.496 e. The predicted molar refractivity (Wildman–Crippen MR) is 109 cm³/mol. The third-order valence-electron chi connectivity index (χ3n) is 5.78. The molecule has 0 unspecified atom stereocenters. The summed E-state index contributed by atoms with van der Waals surface area (Å²) in [5.41, 5.74) is 4.72. The van der Waals surface area contributed by atoms with Crippen molar-refractivity contribution in [3.8, 4) is 5.75 Å². The number of nitrogens with one attached hydrogen (secondary N) is 1. The average molecular weight is 378 g/mol. The van der Waals surface area contributed by atoms with Gasteiger partial charge in [0.05, 0.1) is 13.0 Å². The van der Waals surface area contributed by atoms with Crippen LogP contribution in [0.1, 0.15) is 29.5 Å². The van der Waals surface area contributed by atoms with Gasteiger partial charge in [-0.15, -0.1) is 0 Å². The number of anilines is 1. The highest BCUT2D eigenvalue weighted by Crippen LogP contribution is 2.30. The van der Waals surface area contributed by atoms with Crippen LogP contribution in [0, 0.1) is 5.92 Å². The van der Waals surface area contributed by atoms with E-state index in [4.69, 9.17) is 4.74 Å². The molecule has 1 heterocycles. The number of rotatable bonds is 6. The highest BCUT2D eigenvalue weighted by atomic mass is 16.5. The van der Waals surface area contributed by atoms with E-state index in [9.17, 15) is 9.59 Å². The first-order valence-corrected chi connectivity index (χ1v) is 9.97. The van der Waals surface area contributed by atoms with Crippen molar-refractivity contribution in [1.82, 2.24) is 5.32 Å². The van der Waals surface area contributed by atoms with Crippen molar-refractivity contribution >= 4 is 17.5 Å². The highest BCUT2D eigenvalue weighted by molar-refractivity contribution is 6.00. The van der Waals surface area contributed by atoms with Crippen LogP contribution >= 0.6 is 0 Å². The minimum atomic E-state index is -0.293. The molecule has 1 aliphatic carbocycles. The Kier molecular flexibility index (Phi) is 5.33. The number of carbonyl (C=O) groups is 2. The van der Waals surface area contributed by atoms with Gasteiger partial charge < -0.3 is 15.0 Å². The van der Waals surface area contributed by atoms with Gasteiger partial charge >= 0.3 is 0 Å². The van der Waals surface area contributed by atoms with Crippen LogP contribution in [0.2, 0.25) is 0 Å².